The quantitative estimate of drug-likeness (QED) is 0.466. The Balaban J connectivity index is 1.96. The van der Waals surface area contributed by atoms with Crippen LogP contribution in [0.1, 0.15) is 38.1 Å². The first-order chi connectivity index (χ1) is 15.1. The van der Waals surface area contributed by atoms with Gasteiger partial charge in [0.15, 0.2) is 17.7 Å². The number of esters is 3. The standard InChI is InChI=1S/C22H27NO9/c1-11(2)22(23-20(27)14-8-6-5-7-9-14)19-18(32-21(22)28)16(26)17(30-13(4)25)15(31-19)10-29-12(3)24/h5-9,11,15-19,26H,10H2,1-4H3,(H,23,27)/t15-,16+,17-,18+,19+,22+/m1/s1. The summed E-state index contributed by atoms with van der Waals surface area (Å²) in [5.41, 5.74) is -1.30. The molecule has 0 unspecified atom stereocenters. The molecule has 0 aliphatic carbocycles. The number of amides is 1. The molecule has 0 bridgehead atoms. The van der Waals surface area contributed by atoms with Crippen molar-refractivity contribution in [3.8, 4) is 0 Å². The molecule has 10 nitrogen and oxygen atoms in total. The first-order valence-corrected chi connectivity index (χ1v) is 10.3. The normalized spacial score (nSPS) is 31.4. The topological polar surface area (TPSA) is 137 Å². The van der Waals surface area contributed by atoms with E-state index in [0.29, 0.717) is 5.56 Å². The smallest absolute Gasteiger partial charge is 0.335 e. The third-order valence-corrected chi connectivity index (χ3v) is 5.71. The maximum Gasteiger partial charge on any atom is 0.335 e. The highest BCUT2D eigenvalue weighted by atomic mass is 16.6. The van der Waals surface area contributed by atoms with Crippen molar-refractivity contribution in [3.05, 3.63) is 35.9 Å². The molecule has 1 aromatic carbocycles. The van der Waals surface area contributed by atoms with Gasteiger partial charge in [-0.2, -0.15) is 0 Å². The van der Waals surface area contributed by atoms with Crippen LogP contribution in [0.5, 0.6) is 0 Å². The highest BCUT2D eigenvalue weighted by Gasteiger charge is 2.67. The molecule has 2 saturated heterocycles. The van der Waals surface area contributed by atoms with E-state index in [1.54, 1.807) is 44.2 Å². The lowest BCUT2D eigenvalue weighted by atomic mass is 9.77. The fraction of sp³-hybridized carbons (Fsp3) is 0.545. The SMILES string of the molecule is CC(=O)OC[C@H]1O[C@H]2[C@@H](OC(=O)[C@]2(NC(=O)c2ccccc2)C(C)C)[C@@H](O)[C@@H]1OC(C)=O. The van der Waals surface area contributed by atoms with Crippen molar-refractivity contribution in [1.29, 1.82) is 0 Å². The van der Waals surface area contributed by atoms with Crippen LogP contribution in [0.2, 0.25) is 0 Å². The number of carbonyl (C=O) groups is 4. The van der Waals surface area contributed by atoms with Gasteiger partial charge < -0.3 is 29.4 Å². The van der Waals surface area contributed by atoms with Gasteiger partial charge in [0.1, 0.15) is 24.9 Å². The van der Waals surface area contributed by atoms with Crippen LogP contribution in [0.4, 0.5) is 0 Å². The second-order valence-corrected chi connectivity index (χ2v) is 8.18. The number of fused-ring (bicyclic) bond motifs is 1. The largest absolute Gasteiger partial charge is 0.463 e. The Morgan fingerprint density at radius 2 is 1.81 bits per heavy atom. The molecule has 2 aliphatic heterocycles. The van der Waals surface area contributed by atoms with Gasteiger partial charge in [-0.3, -0.25) is 14.4 Å². The Morgan fingerprint density at radius 1 is 1.16 bits per heavy atom. The number of aliphatic hydroxyl groups excluding tert-OH is 1. The van der Waals surface area contributed by atoms with E-state index in [9.17, 15) is 24.3 Å². The van der Waals surface area contributed by atoms with E-state index in [-0.39, 0.29) is 6.61 Å². The van der Waals surface area contributed by atoms with Crippen molar-refractivity contribution >= 4 is 23.8 Å². The number of carbonyl (C=O) groups excluding carboxylic acids is 4. The van der Waals surface area contributed by atoms with Gasteiger partial charge in [-0.05, 0) is 18.1 Å². The fourth-order valence-corrected chi connectivity index (χ4v) is 4.12. The lowest BCUT2D eigenvalue weighted by Crippen LogP contribution is -2.69. The first-order valence-electron chi connectivity index (χ1n) is 10.3. The van der Waals surface area contributed by atoms with E-state index < -0.39 is 65.8 Å². The van der Waals surface area contributed by atoms with Crippen molar-refractivity contribution in [2.75, 3.05) is 6.61 Å². The van der Waals surface area contributed by atoms with Gasteiger partial charge >= 0.3 is 17.9 Å². The summed E-state index contributed by atoms with van der Waals surface area (Å²) in [4.78, 5) is 48.9. The zero-order chi connectivity index (χ0) is 23.6. The summed E-state index contributed by atoms with van der Waals surface area (Å²) in [7, 11) is 0. The second-order valence-electron chi connectivity index (χ2n) is 8.18. The molecule has 2 heterocycles. The molecule has 0 aromatic heterocycles. The summed E-state index contributed by atoms with van der Waals surface area (Å²) in [6.45, 7) is 5.45. The minimum absolute atomic E-state index is 0.328. The maximum absolute atomic E-state index is 13.1. The number of hydrogen-bond acceptors (Lipinski definition) is 9. The van der Waals surface area contributed by atoms with Gasteiger partial charge in [-0.25, -0.2) is 4.79 Å². The van der Waals surface area contributed by atoms with Crippen molar-refractivity contribution < 1.29 is 43.2 Å². The van der Waals surface area contributed by atoms with E-state index in [1.807, 2.05) is 0 Å². The summed E-state index contributed by atoms with van der Waals surface area (Å²) in [6.07, 6.45) is -6.12. The number of ether oxygens (including phenoxy) is 4. The number of nitrogens with one attached hydrogen (secondary N) is 1. The van der Waals surface area contributed by atoms with Crippen LogP contribution in [0.3, 0.4) is 0 Å². The minimum atomic E-state index is -1.63. The van der Waals surface area contributed by atoms with Crippen LogP contribution in [0, 0.1) is 5.92 Å². The van der Waals surface area contributed by atoms with Crippen LogP contribution >= 0.6 is 0 Å². The Bertz CT molecular complexity index is 887. The van der Waals surface area contributed by atoms with Crippen molar-refractivity contribution in [1.82, 2.24) is 5.32 Å². The van der Waals surface area contributed by atoms with E-state index in [0.717, 1.165) is 6.92 Å². The summed E-state index contributed by atoms with van der Waals surface area (Å²) >= 11 is 0. The molecule has 174 valence electrons. The average Bonchev–Trinajstić information content (AvgIpc) is 3.02. The molecule has 6 atom stereocenters. The zero-order valence-electron chi connectivity index (χ0n) is 18.3. The predicted molar refractivity (Wildman–Crippen MR) is 108 cm³/mol. The van der Waals surface area contributed by atoms with Gasteiger partial charge in [0, 0.05) is 19.4 Å². The summed E-state index contributed by atoms with van der Waals surface area (Å²) in [6, 6.07) is 8.32. The molecule has 2 aliphatic rings. The Morgan fingerprint density at radius 3 is 2.38 bits per heavy atom. The molecule has 0 radical (unpaired) electrons. The Hall–Kier alpha value is -2.98. The van der Waals surface area contributed by atoms with Gasteiger partial charge in [0.25, 0.3) is 5.91 Å². The predicted octanol–water partition coefficient (Wildman–Crippen LogP) is 0.360. The maximum atomic E-state index is 13.1. The third kappa shape index (κ3) is 4.33. The monoisotopic (exact) mass is 449 g/mol. The molecule has 2 N–H and O–H groups in total. The zero-order valence-corrected chi connectivity index (χ0v) is 18.3. The lowest BCUT2D eigenvalue weighted by Gasteiger charge is -2.44. The van der Waals surface area contributed by atoms with E-state index in [1.165, 1.54) is 6.92 Å². The Labute approximate surface area is 185 Å². The average molecular weight is 449 g/mol. The molecular weight excluding hydrogens is 422 g/mol. The van der Waals surface area contributed by atoms with Crippen LogP contribution in [0.15, 0.2) is 30.3 Å². The fourth-order valence-electron chi connectivity index (χ4n) is 4.12. The molecular formula is C22H27NO9. The van der Waals surface area contributed by atoms with Crippen molar-refractivity contribution in [3.63, 3.8) is 0 Å². The van der Waals surface area contributed by atoms with Crippen LogP contribution in [-0.2, 0) is 33.3 Å². The second kappa shape index (κ2) is 9.25. The minimum Gasteiger partial charge on any atom is -0.463 e. The first kappa shape index (κ1) is 23.7. The van der Waals surface area contributed by atoms with Crippen LogP contribution in [0.25, 0.3) is 0 Å². The molecule has 1 aromatic rings. The van der Waals surface area contributed by atoms with E-state index in [4.69, 9.17) is 18.9 Å². The molecule has 32 heavy (non-hydrogen) atoms. The van der Waals surface area contributed by atoms with Crippen molar-refractivity contribution in [2.24, 2.45) is 5.92 Å². The summed E-state index contributed by atoms with van der Waals surface area (Å²) < 4.78 is 21.7. The number of rotatable bonds is 6. The molecule has 3 rings (SSSR count). The van der Waals surface area contributed by atoms with Gasteiger partial charge in [-0.1, -0.05) is 32.0 Å². The molecule has 0 spiro atoms. The third-order valence-electron chi connectivity index (χ3n) is 5.71. The van der Waals surface area contributed by atoms with Gasteiger partial charge in [0.2, 0.25) is 0 Å². The summed E-state index contributed by atoms with van der Waals surface area (Å²) in [5, 5.41) is 13.7. The van der Waals surface area contributed by atoms with E-state index in [2.05, 4.69) is 5.32 Å². The summed E-state index contributed by atoms with van der Waals surface area (Å²) in [5.74, 6) is -3.09. The molecule has 2 fully saturated rings. The lowest BCUT2D eigenvalue weighted by molar-refractivity contribution is -0.235. The van der Waals surface area contributed by atoms with Gasteiger partial charge in [-0.15, -0.1) is 0 Å². The molecule has 0 saturated carbocycles. The molecule has 10 heteroatoms. The van der Waals surface area contributed by atoms with Crippen LogP contribution in [-0.4, -0.2) is 71.6 Å². The number of aliphatic hydroxyl groups is 1. The number of benzene rings is 1. The Kier molecular flexibility index (Phi) is 6.85. The van der Waals surface area contributed by atoms with Crippen molar-refractivity contribution in [2.45, 2.75) is 63.8 Å². The molecule has 1 amide bonds. The van der Waals surface area contributed by atoms with Gasteiger partial charge in [0.05, 0.1) is 0 Å². The highest BCUT2D eigenvalue weighted by molar-refractivity contribution is 5.99. The number of hydrogen-bond donors (Lipinski definition) is 2. The highest BCUT2D eigenvalue weighted by Crippen LogP contribution is 2.42. The van der Waals surface area contributed by atoms with Crippen LogP contribution < -0.4 is 5.32 Å². The van der Waals surface area contributed by atoms with E-state index >= 15 is 0 Å².